The molecule has 0 spiro atoms. The van der Waals surface area contributed by atoms with Crippen LogP contribution >= 0.6 is 11.6 Å². The number of carbonyl (C=O) groups excluding carboxylic acids is 1. The van der Waals surface area contributed by atoms with E-state index in [1.807, 2.05) is 18.2 Å². The molecule has 0 bridgehead atoms. The molecule has 1 aliphatic carbocycles. The van der Waals surface area contributed by atoms with Gasteiger partial charge in [0.1, 0.15) is 0 Å². The summed E-state index contributed by atoms with van der Waals surface area (Å²) in [4.78, 5) is 15.1. The van der Waals surface area contributed by atoms with Gasteiger partial charge in [-0.1, -0.05) is 41.9 Å². The molecular weight excluding hydrogens is 394 g/mol. The Morgan fingerprint density at radius 3 is 2.18 bits per heavy atom. The summed E-state index contributed by atoms with van der Waals surface area (Å²) >= 11 is 5.88. The van der Waals surface area contributed by atoms with Gasteiger partial charge in [-0.3, -0.25) is 4.79 Å². The average molecular weight is 418 g/mol. The fourth-order valence-electron chi connectivity index (χ4n) is 4.13. The van der Waals surface area contributed by atoms with Crippen molar-refractivity contribution in [3.05, 3.63) is 65.2 Å². The van der Waals surface area contributed by atoms with Gasteiger partial charge in [0.05, 0.1) is 4.90 Å². The minimum absolute atomic E-state index is 0.182. The Labute approximate surface area is 171 Å². The van der Waals surface area contributed by atoms with Gasteiger partial charge in [-0.2, -0.15) is 0 Å². The van der Waals surface area contributed by atoms with Gasteiger partial charge < -0.3 is 4.90 Å². The first-order valence-corrected chi connectivity index (χ1v) is 11.6. The second-order valence-electron chi connectivity index (χ2n) is 7.88. The molecule has 2 aliphatic rings. The predicted octanol–water partition coefficient (Wildman–Crippen LogP) is 4.13. The lowest BCUT2D eigenvalue weighted by molar-refractivity contribution is -0.132. The van der Waals surface area contributed by atoms with Crippen LogP contribution in [-0.4, -0.2) is 37.1 Å². The molecular formula is C22H24ClNO3S. The molecule has 1 heterocycles. The molecule has 2 aromatic carbocycles. The maximum Gasteiger partial charge on any atom is 0.244 e. The zero-order chi connectivity index (χ0) is 19.8. The summed E-state index contributed by atoms with van der Waals surface area (Å²) in [6.07, 6.45) is 3.65. The second kappa shape index (κ2) is 7.53. The van der Waals surface area contributed by atoms with Gasteiger partial charge in [0.2, 0.25) is 5.91 Å². The Kier molecular flexibility index (Phi) is 5.23. The van der Waals surface area contributed by atoms with Crippen molar-refractivity contribution in [2.45, 2.75) is 41.7 Å². The average Bonchev–Trinajstić information content (AvgIpc) is 3.52. The van der Waals surface area contributed by atoms with Gasteiger partial charge in [0.25, 0.3) is 0 Å². The Morgan fingerprint density at radius 1 is 1.00 bits per heavy atom. The van der Waals surface area contributed by atoms with E-state index < -0.39 is 14.6 Å². The van der Waals surface area contributed by atoms with Gasteiger partial charge >= 0.3 is 0 Å². The Bertz CT molecular complexity index is 945. The molecule has 1 saturated heterocycles. The molecule has 148 valence electrons. The maximum absolute atomic E-state index is 13.2. The summed E-state index contributed by atoms with van der Waals surface area (Å²) in [6.45, 7) is 1.27. The number of likely N-dealkylation sites (tertiary alicyclic amines) is 1. The number of amides is 1. The molecule has 0 unspecified atom stereocenters. The molecule has 1 amide bonds. The number of hydrogen-bond acceptors (Lipinski definition) is 3. The summed E-state index contributed by atoms with van der Waals surface area (Å²) in [6, 6.07) is 16.5. The van der Waals surface area contributed by atoms with Crippen molar-refractivity contribution < 1.29 is 13.2 Å². The van der Waals surface area contributed by atoms with Crippen LogP contribution in [0.5, 0.6) is 0 Å². The monoisotopic (exact) mass is 417 g/mol. The lowest BCUT2D eigenvalue weighted by Crippen LogP contribution is -2.48. The van der Waals surface area contributed by atoms with Crippen LogP contribution in [0.4, 0.5) is 0 Å². The van der Waals surface area contributed by atoms with E-state index in [9.17, 15) is 13.2 Å². The molecule has 0 N–H and O–H groups in total. The highest BCUT2D eigenvalue weighted by atomic mass is 35.5. The highest BCUT2D eigenvalue weighted by Crippen LogP contribution is 2.48. The van der Waals surface area contributed by atoms with E-state index >= 15 is 0 Å². The summed E-state index contributed by atoms with van der Waals surface area (Å²) in [7, 11) is -3.70. The fraction of sp³-hybridized carbons (Fsp3) is 0.409. The highest BCUT2D eigenvalue weighted by Gasteiger charge is 2.62. The maximum atomic E-state index is 13.2. The molecule has 6 heteroatoms. The zero-order valence-corrected chi connectivity index (χ0v) is 17.3. The quantitative estimate of drug-likeness (QED) is 0.735. The zero-order valence-electron chi connectivity index (χ0n) is 15.7. The minimum atomic E-state index is -3.70. The molecule has 4 rings (SSSR count). The van der Waals surface area contributed by atoms with Crippen LogP contribution in [0.3, 0.4) is 0 Å². The molecule has 28 heavy (non-hydrogen) atoms. The van der Waals surface area contributed by atoms with E-state index in [0.29, 0.717) is 36.9 Å². The molecule has 0 aromatic heterocycles. The smallest absolute Gasteiger partial charge is 0.244 e. The first-order chi connectivity index (χ1) is 13.4. The summed E-state index contributed by atoms with van der Waals surface area (Å²) in [5, 5.41) is 0.482. The van der Waals surface area contributed by atoms with E-state index in [1.165, 1.54) is 17.7 Å². The van der Waals surface area contributed by atoms with Crippen molar-refractivity contribution in [1.82, 2.24) is 4.90 Å². The molecule has 1 aliphatic heterocycles. The van der Waals surface area contributed by atoms with Gasteiger partial charge in [0.15, 0.2) is 14.6 Å². The van der Waals surface area contributed by atoms with Crippen molar-refractivity contribution in [1.29, 1.82) is 0 Å². The molecule has 4 nitrogen and oxygen atoms in total. The predicted molar refractivity (Wildman–Crippen MR) is 110 cm³/mol. The van der Waals surface area contributed by atoms with Crippen LogP contribution in [0.2, 0.25) is 5.02 Å². The molecule has 2 aromatic rings. The third kappa shape index (κ3) is 3.58. The Balaban J connectivity index is 1.43. The van der Waals surface area contributed by atoms with Crippen LogP contribution < -0.4 is 0 Å². The lowest BCUT2D eigenvalue weighted by Gasteiger charge is -2.34. The van der Waals surface area contributed by atoms with Crippen molar-refractivity contribution in [3.8, 4) is 0 Å². The third-order valence-electron chi connectivity index (χ3n) is 6.00. The number of sulfone groups is 1. The topological polar surface area (TPSA) is 54.5 Å². The van der Waals surface area contributed by atoms with Crippen LogP contribution in [0, 0.1) is 5.92 Å². The van der Waals surface area contributed by atoms with E-state index in [-0.39, 0.29) is 10.8 Å². The SMILES string of the molecule is O=C(N1CCC(Cc2ccccc2)CC1)C1(S(=O)(=O)c2ccc(Cl)cc2)CC1. The number of hydrogen-bond donors (Lipinski definition) is 0. The van der Waals surface area contributed by atoms with E-state index in [2.05, 4.69) is 12.1 Å². The number of halogens is 1. The number of nitrogens with zero attached hydrogens (tertiary/aromatic N) is 1. The van der Waals surface area contributed by atoms with E-state index in [0.717, 1.165) is 19.3 Å². The second-order valence-corrected chi connectivity index (χ2v) is 10.6. The standard InChI is InChI=1S/C22H24ClNO3S/c23-19-6-8-20(9-7-19)28(26,27)22(12-13-22)21(25)24-14-10-18(11-15-24)16-17-4-2-1-3-5-17/h1-9,18H,10-16H2. The highest BCUT2D eigenvalue weighted by molar-refractivity contribution is 7.94. The van der Waals surface area contributed by atoms with Gasteiger partial charge in [-0.15, -0.1) is 0 Å². The summed E-state index contributed by atoms with van der Waals surface area (Å²) < 4.78 is 25.0. The van der Waals surface area contributed by atoms with Crippen molar-refractivity contribution in [2.75, 3.05) is 13.1 Å². The van der Waals surface area contributed by atoms with Crippen LogP contribution in [-0.2, 0) is 21.1 Å². The number of carbonyl (C=O) groups is 1. The molecule has 2 fully saturated rings. The lowest BCUT2D eigenvalue weighted by atomic mass is 9.90. The number of benzene rings is 2. The van der Waals surface area contributed by atoms with Gasteiger partial charge in [-0.05, 0) is 67.9 Å². The number of piperidine rings is 1. The molecule has 0 radical (unpaired) electrons. The van der Waals surface area contributed by atoms with Gasteiger partial charge in [-0.25, -0.2) is 8.42 Å². The molecule has 0 atom stereocenters. The summed E-state index contributed by atoms with van der Waals surface area (Å²) in [5.41, 5.74) is 1.32. The van der Waals surface area contributed by atoms with Crippen LogP contribution in [0.15, 0.2) is 59.5 Å². The van der Waals surface area contributed by atoms with Crippen LogP contribution in [0.25, 0.3) is 0 Å². The third-order valence-corrected chi connectivity index (χ3v) is 8.76. The van der Waals surface area contributed by atoms with Crippen molar-refractivity contribution >= 4 is 27.3 Å². The van der Waals surface area contributed by atoms with Crippen molar-refractivity contribution in [3.63, 3.8) is 0 Å². The number of rotatable bonds is 5. The molecule has 1 saturated carbocycles. The summed E-state index contributed by atoms with van der Waals surface area (Å²) in [5.74, 6) is 0.315. The van der Waals surface area contributed by atoms with Crippen LogP contribution in [0.1, 0.15) is 31.2 Å². The van der Waals surface area contributed by atoms with E-state index in [1.54, 1.807) is 17.0 Å². The van der Waals surface area contributed by atoms with Crippen molar-refractivity contribution in [2.24, 2.45) is 5.92 Å². The minimum Gasteiger partial charge on any atom is -0.341 e. The van der Waals surface area contributed by atoms with E-state index in [4.69, 9.17) is 11.6 Å². The first kappa shape index (κ1) is 19.5. The normalized spacial score (nSPS) is 19.4. The Hall–Kier alpha value is -1.85. The van der Waals surface area contributed by atoms with Gasteiger partial charge in [0, 0.05) is 18.1 Å². The largest absolute Gasteiger partial charge is 0.341 e. The Morgan fingerprint density at radius 2 is 1.61 bits per heavy atom. The fourth-order valence-corrected chi connectivity index (χ4v) is 6.20. The first-order valence-electron chi connectivity index (χ1n) is 9.76.